The van der Waals surface area contributed by atoms with Crippen LogP contribution in [0.1, 0.15) is 31.2 Å². The molecule has 2 saturated heterocycles. The Bertz CT molecular complexity index is 882. The van der Waals surface area contributed by atoms with Gasteiger partial charge in [0.15, 0.2) is 11.5 Å². The molecular formula is C27H38ClN3O3. The summed E-state index contributed by atoms with van der Waals surface area (Å²) in [6.07, 6.45) is 3.85. The van der Waals surface area contributed by atoms with Crippen molar-refractivity contribution in [3.8, 4) is 11.5 Å². The molecule has 4 rings (SSSR count). The van der Waals surface area contributed by atoms with Crippen LogP contribution in [0.2, 0.25) is 0 Å². The maximum absolute atomic E-state index is 12.3. The first kappa shape index (κ1) is 26.3. The minimum atomic E-state index is 0. The smallest absolute Gasteiger partial charge is 0.220 e. The van der Waals surface area contributed by atoms with Crippen LogP contribution < -0.4 is 20.1 Å². The maximum atomic E-state index is 12.3. The Morgan fingerprint density at radius 1 is 1.09 bits per heavy atom. The summed E-state index contributed by atoms with van der Waals surface area (Å²) in [5.74, 6) is 2.93. The molecule has 3 atom stereocenters. The van der Waals surface area contributed by atoms with Gasteiger partial charge in [-0.15, -0.1) is 12.4 Å². The molecule has 2 aliphatic heterocycles. The predicted octanol–water partition coefficient (Wildman–Crippen LogP) is 3.89. The summed E-state index contributed by atoms with van der Waals surface area (Å²) in [5, 5.41) is 6.74. The van der Waals surface area contributed by atoms with Crippen molar-refractivity contribution in [3.05, 3.63) is 60.2 Å². The van der Waals surface area contributed by atoms with Gasteiger partial charge in [0.1, 0.15) is 6.61 Å². The van der Waals surface area contributed by atoms with Crippen molar-refractivity contribution in [1.82, 2.24) is 15.5 Å². The number of nitrogens with zero attached hydrogens (tertiary/aromatic N) is 1. The number of para-hydroxylation sites is 2. The molecule has 2 aromatic carbocycles. The number of fused-ring (bicyclic) bond motifs is 2. The number of nitrogens with one attached hydrogen (secondary N) is 2. The second kappa shape index (κ2) is 13.6. The molecule has 0 radical (unpaired) electrons. The van der Waals surface area contributed by atoms with Gasteiger partial charge in [-0.05, 0) is 55.3 Å². The SMILES string of the molecule is COc1ccccc1OCCNC(=O)CCC[C@H]1NC[C@@H]2C[C@H]1CN(Cc1ccccc1)C2.Cl. The van der Waals surface area contributed by atoms with Crippen LogP contribution >= 0.6 is 12.4 Å². The van der Waals surface area contributed by atoms with Gasteiger partial charge < -0.3 is 20.1 Å². The lowest BCUT2D eigenvalue weighted by atomic mass is 9.79. The summed E-state index contributed by atoms with van der Waals surface area (Å²) in [5.41, 5.74) is 1.40. The fraction of sp³-hybridized carbons (Fsp3) is 0.519. The molecule has 34 heavy (non-hydrogen) atoms. The van der Waals surface area contributed by atoms with Gasteiger partial charge in [-0.1, -0.05) is 42.5 Å². The van der Waals surface area contributed by atoms with Gasteiger partial charge in [-0.25, -0.2) is 0 Å². The number of hydrogen-bond donors (Lipinski definition) is 2. The number of carbonyl (C=O) groups is 1. The highest BCUT2D eigenvalue weighted by molar-refractivity contribution is 5.85. The lowest BCUT2D eigenvalue weighted by Crippen LogP contribution is -2.55. The molecule has 186 valence electrons. The van der Waals surface area contributed by atoms with Crippen LogP contribution in [-0.2, 0) is 11.3 Å². The maximum Gasteiger partial charge on any atom is 0.220 e. The number of halogens is 1. The normalized spacial score (nSPS) is 21.9. The molecule has 1 amide bonds. The Labute approximate surface area is 209 Å². The zero-order valence-corrected chi connectivity index (χ0v) is 20.9. The Balaban J connectivity index is 0.00000324. The summed E-state index contributed by atoms with van der Waals surface area (Å²) < 4.78 is 11.0. The Kier molecular flexibility index (Phi) is 10.5. The summed E-state index contributed by atoms with van der Waals surface area (Å²) in [4.78, 5) is 14.9. The van der Waals surface area contributed by atoms with E-state index in [-0.39, 0.29) is 18.3 Å². The fourth-order valence-corrected chi connectivity index (χ4v) is 5.24. The summed E-state index contributed by atoms with van der Waals surface area (Å²) >= 11 is 0. The number of likely N-dealkylation sites (tertiary alicyclic amines) is 1. The molecule has 0 aromatic heterocycles. The van der Waals surface area contributed by atoms with Gasteiger partial charge in [0.05, 0.1) is 13.7 Å². The quantitative estimate of drug-likeness (QED) is 0.471. The highest BCUT2D eigenvalue weighted by Crippen LogP contribution is 2.31. The molecule has 2 aromatic rings. The van der Waals surface area contributed by atoms with E-state index in [2.05, 4.69) is 45.9 Å². The van der Waals surface area contributed by atoms with Crippen LogP contribution in [0, 0.1) is 11.8 Å². The summed E-state index contributed by atoms with van der Waals surface area (Å²) in [7, 11) is 1.62. The molecule has 0 aliphatic carbocycles. The number of benzene rings is 2. The van der Waals surface area contributed by atoms with Crippen LogP contribution in [0.4, 0.5) is 0 Å². The van der Waals surface area contributed by atoms with E-state index in [1.54, 1.807) is 7.11 Å². The predicted molar refractivity (Wildman–Crippen MR) is 138 cm³/mol. The highest BCUT2D eigenvalue weighted by atomic mass is 35.5. The Morgan fingerprint density at radius 2 is 1.85 bits per heavy atom. The number of hydrogen-bond acceptors (Lipinski definition) is 5. The molecule has 2 aliphatic rings. The largest absolute Gasteiger partial charge is 0.493 e. The minimum Gasteiger partial charge on any atom is -0.493 e. The van der Waals surface area contributed by atoms with E-state index in [4.69, 9.17) is 9.47 Å². The molecular weight excluding hydrogens is 450 g/mol. The van der Waals surface area contributed by atoms with E-state index < -0.39 is 0 Å². The number of rotatable bonds is 11. The van der Waals surface area contributed by atoms with Crippen LogP contribution in [0.3, 0.4) is 0 Å². The van der Waals surface area contributed by atoms with Crippen molar-refractivity contribution in [2.45, 2.75) is 38.3 Å². The number of ether oxygens (including phenoxy) is 2. The lowest BCUT2D eigenvalue weighted by Gasteiger charge is -2.46. The zero-order chi connectivity index (χ0) is 22.9. The third kappa shape index (κ3) is 7.62. The van der Waals surface area contributed by atoms with Gasteiger partial charge >= 0.3 is 0 Å². The second-order valence-electron chi connectivity index (χ2n) is 9.30. The molecule has 2 N–H and O–H groups in total. The van der Waals surface area contributed by atoms with Gasteiger partial charge in [-0.2, -0.15) is 0 Å². The molecule has 2 fully saturated rings. The topological polar surface area (TPSA) is 62.8 Å². The third-order valence-electron chi connectivity index (χ3n) is 6.80. The number of amides is 1. The highest BCUT2D eigenvalue weighted by Gasteiger charge is 2.36. The van der Waals surface area contributed by atoms with Crippen LogP contribution in [0.25, 0.3) is 0 Å². The minimum absolute atomic E-state index is 0. The van der Waals surface area contributed by atoms with E-state index in [9.17, 15) is 4.79 Å². The van der Waals surface area contributed by atoms with E-state index in [1.807, 2.05) is 24.3 Å². The van der Waals surface area contributed by atoms with E-state index >= 15 is 0 Å². The fourth-order valence-electron chi connectivity index (χ4n) is 5.24. The monoisotopic (exact) mass is 487 g/mol. The Morgan fingerprint density at radius 3 is 2.65 bits per heavy atom. The van der Waals surface area contributed by atoms with Gasteiger partial charge in [0.2, 0.25) is 5.91 Å². The molecule has 7 heteroatoms. The third-order valence-corrected chi connectivity index (χ3v) is 6.80. The summed E-state index contributed by atoms with van der Waals surface area (Å²) in [6.45, 7) is 5.40. The zero-order valence-electron chi connectivity index (χ0n) is 20.1. The van der Waals surface area contributed by atoms with Crippen LogP contribution in [0.15, 0.2) is 54.6 Å². The number of carbonyl (C=O) groups excluding carboxylic acids is 1. The molecule has 0 spiro atoms. The first-order valence-corrected chi connectivity index (χ1v) is 12.2. The molecule has 2 heterocycles. The van der Waals surface area contributed by atoms with E-state index in [0.717, 1.165) is 38.4 Å². The average molecular weight is 488 g/mol. The first-order chi connectivity index (χ1) is 16.2. The number of methoxy groups -OCH3 is 1. The van der Waals surface area contributed by atoms with Crippen molar-refractivity contribution in [3.63, 3.8) is 0 Å². The lowest BCUT2D eigenvalue weighted by molar-refractivity contribution is -0.121. The van der Waals surface area contributed by atoms with E-state index in [0.29, 0.717) is 43.0 Å². The van der Waals surface area contributed by atoms with Crippen molar-refractivity contribution in [1.29, 1.82) is 0 Å². The molecule has 0 unspecified atom stereocenters. The van der Waals surface area contributed by atoms with Crippen molar-refractivity contribution >= 4 is 18.3 Å². The summed E-state index contributed by atoms with van der Waals surface area (Å²) in [6, 6.07) is 18.8. The van der Waals surface area contributed by atoms with Crippen LogP contribution in [0.5, 0.6) is 11.5 Å². The van der Waals surface area contributed by atoms with Crippen molar-refractivity contribution in [2.24, 2.45) is 11.8 Å². The molecule has 2 bridgehead atoms. The molecule has 6 nitrogen and oxygen atoms in total. The van der Waals surface area contributed by atoms with Crippen LogP contribution in [-0.4, -0.2) is 56.7 Å². The van der Waals surface area contributed by atoms with Gasteiger partial charge in [0.25, 0.3) is 0 Å². The van der Waals surface area contributed by atoms with Gasteiger partial charge in [0, 0.05) is 32.1 Å². The molecule has 0 saturated carbocycles. The average Bonchev–Trinajstić information content (AvgIpc) is 2.84. The van der Waals surface area contributed by atoms with Crippen molar-refractivity contribution < 1.29 is 14.3 Å². The first-order valence-electron chi connectivity index (χ1n) is 12.2. The van der Waals surface area contributed by atoms with E-state index in [1.165, 1.54) is 18.5 Å². The van der Waals surface area contributed by atoms with Crippen molar-refractivity contribution in [2.75, 3.05) is 39.9 Å². The number of piperidine rings is 2. The second-order valence-corrected chi connectivity index (χ2v) is 9.30. The Hall–Kier alpha value is -2.28. The standard InChI is InChI=1S/C27H37N3O3.ClH/c1-32-25-11-5-6-12-26(25)33-15-14-28-27(31)13-7-10-24-23-16-22(17-29-24)19-30(20-23)18-21-8-3-2-4-9-21;/h2-6,8-9,11-12,22-24,29H,7,10,13-20H2,1H3,(H,28,31);1H/t22-,23-,24+;/m0./s1. The van der Waals surface area contributed by atoms with Gasteiger partial charge in [-0.3, -0.25) is 9.69 Å².